The molecule has 0 saturated heterocycles. The molecule has 3 nitrogen and oxygen atoms in total. The van der Waals surface area contributed by atoms with Gasteiger partial charge in [0.25, 0.3) is 0 Å². The third-order valence-electron chi connectivity index (χ3n) is 1.21. The summed E-state index contributed by atoms with van der Waals surface area (Å²) in [6.07, 6.45) is 3.63. The second-order valence-corrected chi connectivity index (χ2v) is 3.00. The molecule has 50 valence electrons. The van der Waals surface area contributed by atoms with Crippen molar-refractivity contribution >= 4 is 28.2 Å². The number of rotatable bonds is 0. The zero-order valence-corrected chi connectivity index (χ0v) is 7.19. The van der Waals surface area contributed by atoms with Crippen LogP contribution in [-0.4, -0.2) is 14.6 Å². The van der Waals surface area contributed by atoms with Crippen molar-refractivity contribution < 1.29 is 0 Å². The van der Waals surface area contributed by atoms with Crippen LogP contribution in [0.2, 0.25) is 0 Å². The highest BCUT2D eigenvalue weighted by molar-refractivity contribution is 14.1. The molecule has 2 heterocycles. The lowest BCUT2D eigenvalue weighted by molar-refractivity contribution is 0.935. The lowest BCUT2D eigenvalue weighted by Gasteiger charge is -1.85. The van der Waals surface area contributed by atoms with Crippen LogP contribution in [0.3, 0.4) is 0 Å². The van der Waals surface area contributed by atoms with Crippen LogP contribution in [0.25, 0.3) is 5.65 Å². The molecule has 0 bridgehead atoms. The first-order chi connectivity index (χ1) is 4.86. The van der Waals surface area contributed by atoms with Gasteiger partial charge in [-0.3, -0.25) is 0 Å². The fourth-order valence-electron chi connectivity index (χ4n) is 0.802. The van der Waals surface area contributed by atoms with Crippen molar-refractivity contribution in [3.05, 3.63) is 28.2 Å². The minimum Gasteiger partial charge on any atom is -0.221 e. The number of hydrogen-bond acceptors (Lipinski definition) is 2. The normalized spacial score (nSPS) is 10.5. The Labute approximate surface area is 71.2 Å². The summed E-state index contributed by atoms with van der Waals surface area (Å²) < 4.78 is 2.72. The third kappa shape index (κ3) is 0.880. The molecule has 0 fully saturated rings. The average Bonchev–Trinajstić information content (AvgIpc) is 2.27. The van der Waals surface area contributed by atoms with E-state index >= 15 is 0 Å². The molecule has 0 radical (unpaired) electrons. The summed E-state index contributed by atoms with van der Waals surface area (Å²) in [6.45, 7) is 0. The highest BCUT2D eigenvalue weighted by atomic mass is 127. The molecule has 2 rings (SSSR count). The van der Waals surface area contributed by atoms with E-state index < -0.39 is 0 Å². The minimum atomic E-state index is 0.895. The molecule has 0 aliphatic rings. The Hall–Kier alpha value is -0.650. The van der Waals surface area contributed by atoms with Crippen molar-refractivity contribution in [2.24, 2.45) is 0 Å². The highest BCUT2D eigenvalue weighted by Gasteiger charge is 1.94. The summed E-state index contributed by atoms with van der Waals surface area (Å²) in [5, 5.41) is 4.05. The van der Waals surface area contributed by atoms with Crippen molar-refractivity contribution in [3.63, 3.8) is 0 Å². The molecule has 0 aliphatic carbocycles. The van der Waals surface area contributed by atoms with E-state index in [0.29, 0.717) is 0 Å². The lowest BCUT2D eigenvalue weighted by Crippen LogP contribution is -1.85. The van der Waals surface area contributed by atoms with E-state index in [0.717, 1.165) is 9.35 Å². The van der Waals surface area contributed by atoms with Crippen LogP contribution in [0.5, 0.6) is 0 Å². The van der Waals surface area contributed by atoms with Crippen molar-refractivity contribution in [2.45, 2.75) is 0 Å². The molecule has 0 aliphatic heterocycles. The summed E-state index contributed by atoms with van der Waals surface area (Å²) >= 11 is 2.16. The third-order valence-corrected chi connectivity index (χ3v) is 1.73. The highest BCUT2D eigenvalue weighted by Crippen LogP contribution is 2.03. The van der Waals surface area contributed by atoms with E-state index in [4.69, 9.17) is 0 Å². The van der Waals surface area contributed by atoms with Crippen LogP contribution in [0.15, 0.2) is 24.5 Å². The van der Waals surface area contributed by atoms with Gasteiger partial charge in [-0.15, -0.1) is 0 Å². The Kier molecular flexibility index (Phi) is 1.33. The molecule has 0 aromatic carbocycles. The largest absolute Gasteiger partial charge is 0.221 e. The average molecular weight is 245 g/mol. The zero-order valence-electron chi connectivity index (χ0n) is 5.03. The Morgan fingerprint density at radius 1 is 1.50 bits per heavy atom. The second kappa shape index (κ2) is 2.19. The summed E-state index contributed by atoms with van der Waals surface area (Å²) in [5.41, 5.74) is 0.895. The molecular formula is C6H4IN3. The molecule has 2 aromatic rings. The summed E-state index contributed by atoms with van der Waals surface area (Å²) in [6, 6.07) is 3.80. The molecule has 4 heteroatoms. The first-order valence-corrected chi connectivity index (χ1v) is 3.90. The van der Waals surface area contributed by atoms with Crippen LogP contribution in [0, 0.1) is 3.70 Å². The fraction of sp³-hybridized carbons (Fsp3) is 0. The van der Waals surface area contributed by atoms with Crippen LogP contribution < -0.4 is 0 Å². The zero-order chi connectivity index (χ0) is 6.97. The SMILES string of the molecule is Ic1cn2ncccc2n1. The van der Waals surface area contributed by atoms with Gasteiger partial charge in [0.15, 0.2) is 5.65 Å². The lowest BCUT2D eigenvalue weighted by atomic mass is 10.6. The fourth-order valence-corrected chi connectivity index (χ4v) is 1.31. The summed E-state index contributed by atoms with van der Waals surface area (Å²) in [4.78, 5) is 4.20. The maximum absolute atomic E-state index is 4.20. The van der Waals surface area contributed by atoms with E-state index in [-0.39, 0.29) is 0 Å². The van der Waals surface area contributed by atoms with Crippen molar-refractivity contribution in [2.75, 3.05) is 0 Å². The van der Waals surface area contributed by atoms with Gasteiger partial charge in [-0.25, -0.2) is 9.50 Å². The monoisotopic (exact) mass is 245 g/mol. The second-order valence-electron chi connectivity index (χ2n) is 1.89. The van der Waals surface area contributed by atoms with Gasteiger partial charge < -0.3 is 0 Å². The van der Waals surface area contributed by atoms with Crippen molar-refractivity contribution in [3.8, 4) is 0 Å². The first-order valence-electron chi connectivity index (χ1n) is 2.82. The van der Waals surface area contributed by atoms with Crippen LogP contribution >= 0.6 is 22.6 Å². The number of halogens is 1. The maximum Gasteiger partial charge on any atom is 0.154 e. The molecule has 0 atom stereocenters. The van der Waals surface area contributed by atoms with Crippen LogP contribution in [0.4, 0.5) is 0 Å². The van der Waals surface area contributed by atoms with Gasteiger partial charge in [-0.2, -0.15) is 5.10 Å². The Balaban J connectivity index is 2.88. The van der Waals surface area contributed by atoms with Crippen molar-refractivity contribution in [1.82, 2.24) is 14.6 Å². The standard InChI is InChI=1S/C6H4IN3/c7-5-4-10-6(9-5)2-1-3-8-10/h1-4H. The number of nitrogens with zero attached hydrogens (tertiary/aromatic N) is 3. The first kappa shape index (κ1) is 6.09. The predicted molar refractivity (Wildman–Crippen MR) is 45.7 cm³/mol. The maximum atomic E-state index is 4.20. The van der Waals surface area contributed by atoms with Gasteiger partial charge >= 0.3 is 0 Å². The number of imidazole rings is 1. The molecule has 0 N–H and O–H groups in total. The van der Waals surface area contributed by atoms with Crippen molar-refractivity contribution in [1.29, 1.82) is 0 Å². The molecular weight excluding hydrogens is 241 g/mol. The van der Waals surface area contributed by atoms with Crippen LogP contribution in [0.1, 0.15) is 0 Å². The minimum absolute atomic E-state index is 0.895. The quantitative estimate of drug-likeness (QED) is 0.655. The Bertz CT molecular complexity index is 322. The topological polar surface area (TPSA) is 30.2 Å². The molecule has 0 unspecified atom stereocenters. The summed E-state index contributed by atoms with van der Waals surface area (Å²) in [7, 11) is 0. The molecule has 0 saturated carbocycles. The molecule has 10 heavy (non-hydrogen) atoms. The number of fused-ring (bicyclic) bond motifs is 1. The molecule has 0 amide bonds. The van der Waals surface area contributed by atoms with Gasteiger partial charge in [0, 0.05) is 6.20 Å². The van der Waals surface area contributed by atoms with Gasteiger partial charge in [0.05, 0.1) is 6.20 Å². The Morgan fingerprint density at radius 3 is 3.20 bits per heavy atom. The number of aromatic nitrogens is 3. The van der Waals surface area contributed by atoms with E-state index in [1.54, 1.807) is 10.7 Å². The van der Waals surface area contributed by atoms with Gasteiger partial charge in [0.2, 0.25) is 0 Å². The van der Waals surface area contributed by atoms with Gasteiger partial charge in [-0.1, -0.05) is 0 Å². The smallest absolute Gasteiger partial charge is 0.154 e. The van der Waals surface area contributed by atoms with Gasteiger partial charge in [0.1, 0.15) is 3.70 Å². The Morgan fingerprint density at radius 2 is 2.40 bits per heavy atom. The predicted octanol–water partition coefficient (Wildman–Crippen LogP) is 1.33. The van der Waals surface area contributed by atoms with E-state index in [2.05, 4.69) is 32.7 Å². The number of hydrogen-bond donors (Lipinski definition) is 0. The van der Waals surface area contributed by atoms with E-state index in [1.807, 2.05) is 18.3 Å². The van der Waals surface area contributed by atoms with E-state index in [1.165, 1.54) is 0 Å². The molecule has 0 spiro atoms. The molecule has 2 aromatic heterocycles. The van der Waals surface area contributed by atoms with E-state index in [9.17, 15) is 0 Å². The summed E-state index contributed by atoms with van der Waals surface area (Å²) in [5.74, 6) is 0. The van der Waals surface area contributed by atoms with Crippen LogP contribution in [-0.2, 0) is 0 Å². The van der Waals surface area contributed by atoms with Gasteiger partial charge in [-0.05, 0) is 34.7 Å².